The van der Waals surface area contributed by atoms with Crippen molar-refractivity contribution in [3.63, 3.8) is 0 Å². The first-order valence-electron chi connectivity index (χ1n) is 8.15. The highest BCUT2D eigenvalue weighted by molar-refractivity contribution is 6.01. The summed E-state index contributed by atoms with van der Waals surface area (Å²) >= 11 is 0. The molecule has 1 aromatic heterocycles. The third-order valence-corrected chi connectivity index (χ3v) is 4.29. The number of benzene rings is 2. The van der Waals surface area contributed by atoms with E-state index in [1.165, 1.54) is 0 Å². The summed E-state index contributed by atoms with van der Waals surface area (Å²) in [5.74, 6) is -0.00767. The van der Waals surface area contributed by atoms with E-state index >= 15 is 0 Å². The van der Waals surface area contributed by atoms with Gasteiger partial charge in [-0.15, -0.1) is 6.58 Å². The van der Waals surface area contributed by atoms with Gasteiger partial charge in [-0.2, -0.15) is 5.10 Å². The number of carbonyl (C=O) groups excluding carboxylic acids is 1. The lowest BCUT2D eigenvalue weighted by atomic mass is 10.1. The number of anilines is 1. The van der Waals surface area contributed by atoms with Crippen molar-refractivity contribution in [2.24, 2.45) is 0 Å². The molecule has 0 saturated heterocycles. The molecule has 0 bridgehead atoms. The maximum Gasteiger partial charge on any atom is 0.258 e. The summed E-state index contributed by atoms with van der Waals surface area (Å²) in [7, 11) is 0. The third-order valence-electron chi connectivity index (χ3n) is 4.29. The number of aromatic nitrogens is 2. The van der Waals surface area contributed by atoms with E-state index in [1.807, 2.05) is 65.5 Å². The molecule has 1 atom stereocenters. The average Bonchev–Trinajstić information content (AvgIpc) is 3.15. The first kappa shape index (κ1) is 15.2. The molecule has 1 aliphatic heterocycles. The molecule has 0 aliphatic carbocycles. The SMILES string of the molecule is C=CCN1C(=O)c2ccccc2N[C@@H]1c1cnn(-c2ccccc2)c1. The van der Waals surface area contributed by atoms with Crippen molar-refractivity contribution in [3.8, 4) is 5.69 Å². The molecule has 0 radical (unpaired) electrons. The summed E-state index contributed by atoms with van der Waals surface area (Å²) in [6.07, 6.45) is 5.20. The summed E-state index contributed by atoms with van der Waals surface area (Å²) in [5, 5.41) is 7.90. The molecule has 25 heavy (non-hydrogen) atoms. The van der Waals surface area contributed by atoms with E-state index in [0.29, 0.717) is 12.1 Å². The van der Waals surface area contributed by atoms with Crippen molar-refractivity contribution in [3.05, 3.63) is 90.8 Å². The van der Waals surface area contributed by atoms with Gasteiger partial charge in [0.25, 0.3) is 5.91 Å². The van der Waals surface area contributed by atoms with Crippen molar-refractivity contribution in [2.75, 3.05) is 11.9 Å². The molecule has 2 aromatic carbocycles. The molecule has 3 aromatic rings. The fraction of sp³-hybridized carbons (Fsp3) is 0.100. The molecule has 5 heteroatoms. The van der Waals surface area contributed by atoms with Crippen LogP contribution in [0, 0.1) is 0 Å². The topological polar surface area (TPSA) is 50.2 Å². The van der Waals surface area contributed by atoms with Crippen molar-refractivity contribution < 1.29 is 4.79 Å². The minimum Gasteiger partial charge on any atom is -0.361 e. The smallest absolute Gasteiger partial charge is 0.258 e. The number of nitrogens with one attached hydrogen (secondary N) is 1. The second-order valence-corrected chi connectivity index (χ2v) is 5.89. The number of amides is 1. The standard InChI is InChI=1S/C20H18N4O/c1-2-12-23-19(22-18-11-7-6-10-17(18)20(23)25)15-13-21-24(14-15)16-8-4-3-5-9-16/h2-11,13-14,19,22H,1,12H2/t19-/m0/s1. The Kier molecular flexibility index (Phi) is 3.82. The molecule has 1 aliphatic rings. The molecule has 2 heterocycles. The predicted octanol–water partition coefficient (Wildman–Crippen LogP) is 3.62. The Labute approximate surface area is 146 Å². The van der Waals surface area contributed by atoms with Gasteiger partial charge in [-0.3, -0.25) is 4.79 Å². The third kappa shape index (κ3) is 2.70. The van der Waals surface area contributed by atoms with Gasteiger partial charge in [0, 0.05) is 24.0 Å². The fourth-order valence-electron chi connectivity index (χ4n) is 3.08. The van der Waals surface area contributed by atoms with Gasteiger partial charge in [0.2, 0.25) is 0 Å². The van der Waals surface area contributed by atoms with Crippen molar-refractivity contribution in [1.82, 2.24) is 14.7 Å². The van der Waals surface area contributed by atoms with Gasteiger partial charge in [0.05, 0.1) is 17.4 Å². The summed E-state index contributed by atoms with van der Waals surface area (Å²) in [5.41, 5.74) is 3.42. The Bertz CT molecular complexity index is 916. The fourth-order valence-corrected chi connectivity index (χ4v) is 3.08. The van der Waals surface area contributed by atoms with Crippen LogP contribution >= 0.6 is 0 Å². The van der Waals surface area contributed by atoms with Crippen LogP contribution in [-0.4, -0.2) is 27.1 Å². The Hall–Kier alpha value is -3.34. The Morgan fingerprint density at radius 2 is 1.88 bits per heavy atom. The van der Waals surface area contributed by atoms with Crippen molar-refractivity contribution >= 4 is 11.6 Å². The maximum absolute atomic E-state index is 12.9. The number of rotatable bonds is 4. The number of hydrogen-bond acceptors (Lipinski definition) is 3. The summed E-state index contributed by atoms with van der Waals surface area (Å²) in [6, 6.07) is 17.5. The molecule has 0 spiro atoms. The predicted molar refractivity (Wildman–Crippen MR) is 97.6 cm³/mol. The molecule has 0 unspecified atom stereocenters. The van der Waals surface area contributed by atoms with Gasteiger partial charge in [-0.05, 0) is 24.3 Å². The number of para-hydroxylation sites is 2. The van der Waals surface area contributed by atoms with Gasteiger partial charge < -0.3 is 10.2 Å². The molecule has 0 saturated carbocycles. The molecule has 5 nitrogen and oxygen atoms in total. The van der Waals surface area contributed by atoms with Crippen LogP contribution in [0.5, 0.6) is 0 Å². The van der Waals surface area contributed by atoms with Gasteiger partial charge in [0.1, 0.15) is 6.17 Å². The molecular weight excluding hydrogens is 312 g/mol. The van der Waals surface area contributed by atoms with Gasteiger partial charge >= 0.3 is 0 Å². The zero-order valence-electron chi connectivity index (χ0n) is 13.7. The minimum absolute atomic E-state index is 0.00767. The highest BCUT2D eigenvalue weighted by Gasteiger charge is 2.32. The van der Waals surface area contributed by atoms with E-state index in [1.54, 1.807) is 17.2 Å². The second kappa shape index (κ2) is 6.28. The number of fused-ring (bicyclic) bond motifs is 1. The van der Waals surface area contributed by atoms with Crippen molar-refractivity contribution in [2.45, 2.75) is 6.17 Å². The van der Waals surface area contributed by atoms with E-state index in [4.69, 9.17) is 0 Å². The lowest BCUT2D eigenvalue weighted by Gasteiger charge is -2.36. The summed E-state index contributed by atoms with van der Waals surface area (Å²) in [4.78, 5) is 14.6. The highest BCUT2D eigenvalue weighted by Crippen LogP contribution is 2.32. The highest BCUT2D eigenvalue weighted by atomic mass is 16.2. The van der Waals surface area contributed by atoms with Gasteiger partial charge in [-0.1, -0.05) is 36.4 Å². The summed E-state index contributed by atoms with van der Waals surface area (Å²) in [6.45, 7) is 4.24. The van der Waals surface area contributed by atoms with Crippen LogP contribution in [0.15, 0.2) is 79.6 Å². The molecule has 0 fully saturated rings. The molecule has 124 valence electrons. The zero-order chi connectivity index (χ0) is 17.2. The summed E-state index contributed by atoms with van der Waals surface area (Å²) < 4.78 is 1.81. The van der Waals surface area contributed by atoms with E-state index < -0.39 is 0 Å². The lowest BCUT2D eigenvalue weighted by Crippen LogP contribution is -2.42. The van der Waals surface area contributed by atoms with Crippen LogP contribution in [0.4, 0.5) is 5.69 Å². The lowest BCUT2D eigenvalue weighted by molar-refractivity contribution is 0.0707. The largest absolute Gasteiger partial charge is 0.361 e. The minimum atomic E-state index is -0.280. The zero-order valence-corrected chi connectivity index (χ0v) is 13.7. The van der Waals surface area contributed by atoms with Crippen LogP contribution in [-0.2, 0) is 0 Å². The number of nitrogens with zero attached hydrogens (tertiary/aromatic N) is 3. The first-order valence-corrected chi connectivity index (χ1v) is 8.15. The average molecular weight is 330 g/mol. The van der Waals surface area contributed by atoms with Gasteiger partial charge in [-0.25, -0.2) is 4.68 Å². The van der Waals surface area contributed by atoms with Crippen molar-refractivity contribution in [1.29, 1.82) is 0 Å². The van der Waals surface area contributed by atoms with Crippen LogP contribution in [0.25, 0.3) is 5.69 Å². The second-order valence-electron chi connectivity index (χ2n) is 5.89. The quantitative estimate of drug-likeness (QED) is 0.743. The van der Waals surface area contributed by atoms with Crippen LogP contribution in [0.3, 0.4) is 0 Å². The van der Waals surface area contributed by atoms with E-state index in [9.17, 15) is 4.79 Å². The van der Waals surface area contributed by atoms with E-state index in [2.05, 4.69) is 17.0 Å². The first-order chi connectivity index (χ1) is 12.3. The van der Waals surface area contributed by atoms with E-state index in [0.717, 1.165) is 16.9 Å². The van der Waals surface area contributed by atoms with Crippen LogP contribution in [0.2, 0.25) is 0 Å². The normalized spacial score (nSPS) is 16.2. The molecule has 4 rings (SSSR count). The molecular formula is C20H18N4O. The Morgan fingerprint density at radius 1 is 1.12 bits per heavy atom. The Balaban J connectivity index is 1.72. The maximum atomic E-state index is 12.9. The monoisotopic (exact) mass is 330 g/mol. The Morgan fingerprint density at radius 3 is 2.68 bits per heavy atom. The van der Waals surface area contributed by atoms with Crippen LogP contribution in [0.1, 0.15) is 22.1 Å². The van der Waals surface area contributed by atoms with Crippen LogP contribution < -0.4 is 5.32 Å². The number of hydrogen-bond donors (Lipinski definition) is 1. The van der Waals surface area contributed by atoms with E-state index in [-0.39, 0.29) is 12.1 Å². The van der Waals surface area contributed by atoms with Gasteiger partial charge in [0.15, 0.2) is 0 Å². The molecule has 1 amide bonds. The number of carbonyl (C=O) groups is 1. The molecule has 1 N–H and O–H groups in total.